The molecule has 2 aromatic heterocycles. The van der Waals surface area contributed by atoms with Crippen molar-refractivity contribution in [1.29, 1.82) is 0 Å². The van der Waals surface area contributed by atoms with Crippen molar-refractivity contribution in [3.63, 3.8) is 0 Å². The zero-order valence-electron chi connectivity index (χ0n) is 21.8. The molecule has 3 aromatic rings. The lowest BCUT2D eigenvalue weighted by atomic mass is 10.1. The number of carbonyl (C=O) groups excluding carboxylic acids is 2. The molecule has 4 rings (SSSR count). The minimum absolute atomic E-state index is 0.0906. The van der Waals surface area contributed by atoms with Crippen LogP contribution in [0.15, 0.2) is 40.8 Å². The number of Topliss-reactive ketones (excluding diaryl/α,β-unsaturated/α-hetero) is 1. The van der Waals surface area contributed by atoms with E-state index < -0.39 is 0 Å². The van der Waals surface area contributed by atoms with E-state index in [2.05, 4.69) is 9.47 Å². The van der Waals surface area contributed by atoms with E-state index >= 15 is 0 Å². The van der Waals surface area contributed by atoms with Crippen molar-refractivity contribution in [3.8, 4) is 11.5 Å². The molecule has 0 aliphatic carbocycles. The number of ether oxygens (including phenoxy) is 2. The predicted octanol–water partition coefficient (Wildman–Crippen LogP) is 3.91. The van der Waals surface area contributed by atoms with Crippen LogP contribution in [0.25, 0.3) is 0 Å². The summed E-state index contributed by atoms with van der Waals surface area (Å²) in [6.07, 6.45) is 0.815. The summed E-state index contributed by atoms with van der Waals surface area (Å²) in [6, 6.07) is 11.5. The monoisotopic (exact) mass is 493 g/mol. The zero-order chi connectivity index (χ0) is 25.8. The van der Waals surface area contributed by atoms with Gasteiger partial charge in [-0.25, -0.2) is 0 Å². The van der Waals surface area contributed by atoms with Crippen LogP contribution in [0.1, 0.15) is 43.6 Å². The van der Waals surface area contributed by atoms with Gasteiger partial charge in [0.2, 0.25) is 0 Å². The highest BCUT2D eigenvalue weighted by Crippen LogP contribution is 2.28. The maximum absolute atomic E-state index is 13.2. The summed E-state index contributed by atoms with van der Waals surface area (Å²) in [4.78, 5) is 29.7. The number of rotatable bonds is 9. The number of ketones is 1. The molecular formula is C28H35N3O5. The highest BCUT2D eigenvalue weighted by molar-refractivity contribution is 5.99. The van der Waals surface area contributed by atoms with Crippen molar-refractivity contribution in [2.45, 2.75) is 33.7 Å². The van der Waals surface area contributed by atoms with Crippen LogP contribution in [0.2, 0.25) is 0 Å². The molecule has 0 spiro atoms. The Morgan fingerprint density at radius 2 is 1.64 bits per heavy atom. The van der Waals surface area contributed by atoms with Crippen LogP contribution < -0.4 is 9.47 Å². The van der Waals surface area contributed by atoms with Crippen LogP contribution in [0.5, 0.6) is 11.5 Å². The molecule has 1 aromatic carbocycles. The number of methoxy groups -OCH3 is 2. The Balaban J connectivity index is 1.34. The lowest BCUT2D eigenvalue weighted by molar-refractivity contribution is 0.0595. The Hall–Kier alpha value is -3.52. The highest BCUT2D eigenvalue weighted by Gasteiger charge is 2.26. The van der Waals surface area contributed by atoms with Crippen molar-refractivity contribution in [1.82, 2.24) is 14.4 Å². The van der Waals surface area contributed by atoms with E-state index in [-0.39, 0.29) is 11.7 Å². The summed E-state index contributed by atoms with van der Waals surface area (Å²) in [5, 5.41) is 0. The molecule has 0 N–H and O–H groups in total. The Kier molecular flexibility index (Phi) is 7.84. The second kappa shape index (κ2) is 11.0. The number of piperazine rings is 1. The third-order valence-corrected chi connectivity index (χ3v) is 6.92. The molecule has 0 unspecified atom stereocenters. The van der Waals surface area contributed by atoms with Crippen LogP contribution in [-0.2, 0) is 13.0 Å². The van der Waals surface area contributed by atoms with Gasteiger partial charge in [0.15, 0.2) is 23.0 Å². The fraction of sp³-hybridized carbons (Fsp3) is 0.429. The Morgan fingerprint density at radius 3 is 2.28 bits per heavy atom. The number of hydrogen-bond acceptors (Lipinski definition) is 6. The molecule has 1 aliphatic rings. The van der Waals surface area contributed by atoms with E-state index in [4.69, 9.17) is 13.9 Å². The summed E-state index contributed by atoms with van der Waals surface area (Å²) < 4.78 is 18.4. The average molecular weight is 494 g/mol. The highest BCUT2D eigenvalue weighted by atomic mass is 16.5. The van der Waals surface area contributed by atoms with Gasteiger partial charge in [-0.3, -0.25) is 14.5 Å². The van der Waals surface area contributed by atoms with Gasteiger partial charge < -0.3 is 23.4 Å². The summed E-state index contributed by atoms with van der Waals surface area (Å²) in [5.41, 5.74) is 3.97. The van der Waals surface area contributed by atoms with Crippen LogP contribution >= 0.6 is 0 Å². The van der Waals surface area contributed by atoms with Crippen LogP contribution in [0, 0.1) is 20.8 Å². The first-order valence-corrected chi connectivity index (χ1v) is 12.3. The molecular weight excluding hydrogens is 458 g/mol. The van der Waals surface area contributed by atoms with E-state index in [1.807, 2.05) is 45.0 Å². The quantitative estimate of drug-likeness (QED) is 0.421. The molecule has 0 bridgehead atoms. The first-order valence-electron chi connectivity index (χ1n) is 12.3. The fourth-order valence-corrected chi connectivity index (χ4v) is 4.81. The van der Waals surface area contributed by atoms with Crippen molar-refractivity contribution >= 4 is 11.7 Å². The molecule has 8 nitrogen and oxygen atoms in total. The lowest BCUT2D eigenvalue weighted by Crippen LogP contribution is -2.49. The molecule has 1 fully saturated rings. The van der Waals surface area contributed by atoms with E-state index in [0.717, 1.165) is 41.2 Å². The molecule has 1 aliphatic heterocycles. The molecule has 1 amide bonds. The number of aryl methyl sites for hydroxylation is 3. The normalized spacial score (nSPS) is 14.2. The Morgan fingerprint density at radius 1 is 0.917 bits per heavy atom. The summed E-state index contributed by atoms with van der Waals surface area (Å²) >= 11 is 0. The SMILES string of the molecule is COc1ccc(CCn2c(C)cc(C(=O)CN3CCN(C(=O)c4ccc(C)o4)CC3)c2C)cc1OC. The van der Waals surface area contributed by atoms with Gasteiger partial charge >= 0.3 is 0 Å². The Labute approximate surface area is 212 Å². The van der Waals surface area contributed by atoms with Gasteiger partial charge in [0, 0.05) is 49.7 Å². The van der Waals surface area contributed by atoms with Crippen LogP contribution in [-0.4, -0.2) is 73.0 Å². The number of amides is 1. The fourth-order valence-electron chi connectivity index (χ4n) is 4.81. The van der Waals surface area contributed by atoms with Crippen molar-refractivity contribution in [2.24, 2.45) is 0 Å². The number of benzene rings is 1. The summed E-state index contributed by atoms with van der Waals surface area (Å²) in [6.45, 7) is 9.48. The number of nitrogens with zero attached hydrogens (tertiary/aromatic N) is 3. The molecule has 8 heteroatoms. The van der Waals surface area contributed by atoms with Gasteiger partial charge in [0.25, 0.3) is 5.91 Å². The molecule has 1 saturated heterocycles. The molecule has 0 saturated carbocycles. The van der Waals surface area contributed by atoms with Crippen molar-refractivity contribution < 1.29 is 23.5 Å². The van der Waals surface area contributed by atoms with Gasteiger partial charge in [0.05, 0.1) is 20.8 Å². The molecule has 3 heterocycles. The third kappa shape index (κ3) is 5.49. The van der Waals surface area contributed by atoms with Gasteiger partial charge in [0.1, 0.15) is 5.76 Å². The van der Waals surface area contributed by atoms with Crippen LogP contribution in [0.4, 0.5) is 0 Å². The summed E-state index contributed by atoms with van der Waals surface area (Å²) in [7, 11) is 3.27. The zero-order valence-corrected chi connectivity index (χ0v) is 21.8. The number of furan rings is 1. The molecule has 0 radical (unpaired) electrons. The van der Waals surface area contributed by atoms with Crippen LogP contribution in [0.3, 0.4) is 0 Å². The first-order chi connectivity index (χ1) is 17.3. The lowest BCUT2D eigenvalue weighted by Gasteiger charge is -2.33. The maximum Gasteiger partial charge on any atom is 0.289 e. The molecule has 192 valence electrons. The summed E-state index contributed by atoms with van der Waals surface area (Å²) in [5.74, 6) is 2.55. The number of hydrogen-bond donors (Lipinski definition) is 0. The van der Waals surface area contributed by atoms with E-state index in [1.54, 1.807) is 31.3 Å². The maximum atomic E-state index is 13.2. The third-order valence-electron chi connectivity index (χ3n) is 6.92. The molecule has 36 heavy (non-hydrogen) atoms. The largest absolute Gasteiger partial charge is 0.493 e. The minimum Gasteiger partial charge on any atom is -0.493 e. The Bertz CT molecular complexity index is 1230. The standard InChI is InChI=1S/C28H35N3O5/c1-19-16-23(21(3)31(19)11-10-22-7-9-25(34-4)27(17-22)35-5)24(32)18-29-12-14-30(15-13-29)28(33)26-8-6-20(2)36-26/h6-9,16-17H,10-15,18H2,1-5H3. The van der Waals surface area contributed by atoms with E-state index in [0.29, 0.717) is 50.0 Å². The van der Waals surface area contributed by atoms with Crippen molar-refractivity contribution in [3.05, 3.63) is 70.4 Å². The second-order valence-corrected chi connectivity index (χ2v) is 9.28. The van der Waals surface area contributed by atoms with Crippen molar-refractivity contribution in [2.75, 3.05) is 46.9 Å². The van der Waals surface area contributed by atoms with Gasteiger partial charge in [-0.15, -0.1) is 0 Å². The predicted molar refractivity (Wildman–Crippen MR) is 137 cm³/mol. The number of carbonyl (C=O) groups is 2. The smallest absolute Gasteiger partial charge is 0.289 e. The van der Waals surface area contributed by atoms with Gasteiger partial charge in [-0.1, -0.05) is 6.07 Å². The molecule has 0 atom stereocenters. The second-order valence-electron chi connectivity index (χ2n) is 9.28. The minimum atomic E-state index is -0.0906. The van der Waals surface area contributed by atoms with E-state index in [9.17, 15) is 9.59 Å². The number of aromatic nitrogens is 1. The topological polar surface area (TPSA) is 77.2 Å². The van der Waals surface area contributed by atoms with Gasteiger partial charge in [-0.05, 0) is 63.1 Å². The van der Waals surface area contributed by atoms with Gasteiger partial charge in [-0.2, -0.15) is 0 Å². The first kappa shape index (κ1) is 25.6. The van der Waals surface area contributed by atoms with E-state index in [1.165, 1.54) is 0 Å². The average Bonchev–Trinajstić information content (AvgIpc) is 3.44.